The van der Waals surface area contributed by atoms with Gasteiger partial charge >= 0.3 is 0 Å². The van der Waals surface area contributed by atoms with Gasteiger partial charge in [0.1, 0.15) is 5.69 Å². The van der Waals surface area contributed by atoms with Crippen LogP contribution in [-0.4, -0.2) is 15.6 Å². The highest BCUT2D eigenvalue weighted by Crippen LogP contribution is 2.24. The van der Waals surface area contributed by atoms with Crippen LogP contribution in [-0.2, 0) is 7.05 Å². The Morgan fingerprint density at radius 2 is 1.94 bits per heavy atom. The van der Waals surface area contributed by atoms with Crippen molar-refractivity contribution < 1.29 is 4.79 Å². The minimum Gasteiger partial charge on any atom is -0.293 e. The molecule has 3 nitrogen and oxygen atoms in total. The molecule has 0 atom stereocenters. The molecular formula is C14H16N2O. The van der Waals surface area contributed by atoms with Crippen LogP contribution in [0.2, 0.25) is 0 Å². The van der Waals surface area contributed by atoms with Crippen molar-refractivity contribution in [3.63, 3.8) is 0 Å². The molecule has 1 aromatic carbocycles. The molecule has 0 unspecified atom stereocenters. The summed E-state index contributed by atoms with van der Waals surface area (Å²) in [6.45, 7) is 5.66. The number of aryl methyl sites for hydroxylation is 3. The second kappa shape index (κ2) is 4.17. The van der Waals surface area contributed by atoms with E-state index in [0.717, 1.165) is 11.3 Å². The summed E-state index contributed by atoms with van der Waals surface area (Å²) >= 11 is 0. The molecule has 0 aliphatic carbocycles. The topological polar surface area (TPSA) is 34.9 Å². The lowest BCUT2D eigenvalue weighted by Gasteiger charge is -2.06. The molecule has 1 aromatic heterocycles. The molecule has 0 aliphatic rings. The van der Waals surface area contributed by atoms with E-state index in [1.54, 1.807) is 4.68 Å². The van der Waals surface area contributed by atoms with Crippen LogP contribution in [0.4, 0.5) is 0 Å². The van der Waals surface area contributed by atoms with E-state index in [2.05, 4.69) is 37.1 Å². The molecule has 17 heavy (non-hydrogen) atoms. The largest absolute Gasteiger partial charge is 0.293 e. The van der Waals surface area contributed by atoms with Crippen LogP contribution in [0.25, 0.3) is 11.3 Å². The summed E-state index contributed by atoms with van der Waals surface area (Å²) in [5.41, 5.74) is 5.03. The third kappa shape index (κ3) is 2.13. The Bertz CT molecular complexity index is 582. The average Bonchev–Trinajstić information content (AvgIpc) is 2.64. The molecular weight excluding hydrogens is 212 g/mol. The summed E-state index contributed by atoms with van der Waals surface area (Å²) in [6, 6.07) is 8.15. The van der Waals surface area contributed by atoms with Crippen molar-refractivity contribution in [1.82, 2.24) is 9.78 Å². The lowest BCUT2D eigenvalue weighted by molar-refractivity contribution is 0.101. The maximum absolute atomic E-state index is 11.3. The van der Waals surface area contributed by atoms with E-state index >= 15 is 0 Å². The average molecular weight is 228 g/mol. The summed E-state index contributed by atoms with van der Waals surface area (Å²) in [7, 11) is 1.86. The predicted octanol–water partition coefficient (Wildman–Crippen LogP) is 2.91. The summed E-state index contributed by atoms with van der Waals surface area (Å²) in [5.74, 6) is -0.00263. The van der Waals surface area contributed by atoms with Gasteiger partial charge in [-0.25, -0.2) is 0 Å². The Morgan fingerprint density at radius 3 is 2.53 bits per heavy atom. The number of rotatable bonds is 2. The molecule has 88 valence electrons. The summed E-state index contributed by atoms with van der Waals surface area (Å²) in [4.78, 5) is 11.3. The molecule has 0 amide bonds. The van der Waals surface area contributed by atoms with Crippen LogP contribution in [0.15, 0.2) is 24.3 Å². The SMILES string of the molecule is CC(=O)c1cc(-c2cc(C)ccc2C)n(C)n1. The van der Waals surface area contributed by atoms with E-state index in [-0.39, 0.29) is 5.78 Å². The molecule has 0 spiro atoms. The minimum atomic E-state index is -0.00263. The van der Waals surface area contributed by atoms with Crippen LogP contribution in [0, 0.1) is 13.8 Å². The van der Waals surface area contributed by atoms with Gasteiger partial charge in [0.2, 0.25) is 0 Å². The lowest BCUT2D eigenvalue weighted by atomic mass is 10.0. The molecule has 0 radical (unpaired) electrons. The molecule has 1 heterocycles. The van der Waals surface area contributed by atoms with Crippen molar-refractivity contribution in [2.45, 2.75) is 20.8 Å². The molecule has 0 bridgehead atoms. The zero-order chi connectivity index (χ0) is 12.6. The molecule has 0 aliphatic heterocycles. The van der Waals surface area contributed by atoms with Gasteiger partial charge in [-0.05, 0) is 31.5 Å². The molecule has 0 N–H and O–H groups in total. The Balaban J connectivity index is 2.60. The van der Waals surface area contributed by atoms with Crippen LogP contribution >= 0.6 is 0 Å². The maximum Gasteiger partial charge on any atom is 0.180 e. The second-order valence-electron chi connectivity index (χ2n) is 4.41. The van der Waals surface area contributed by atoms with Gasteiger partial charge in [0.05, 0.1) is 5.69 Å². The highest BCUT2D eigenvalue weighted by atomic mass is 16.1. The number of Topliss-reactive ketones (excluding diaryl/α,β-unsaturated/α-hetero) is 1. The first-order valence-corrected chi connectivity index (χ1v) is 5.61. The van der Waals surface area contributed by atoms with Crippen molar-refractivity contribution in [3.8, 4) is 11.3 Å². The van der Waals surface area contributed by atoms with Crippen LogP contribution in [0.5, 0.6) is 0 Å². The monoisotopic (exact) mass is 228 g/mol. The fourth-order valence-corrected chi connectivity index (χ4v) is 1.90. The fourth-order valence-electron chi connectivity index (χ4n) is 1.90. The first-order valence-electron chi connectivity index (χ1n) is 5.61. The Morgan fingerprint density at radius 1 is 1.24 bits per heavy atom. The normalized spacial score (nSPS) is 10.6. The van der Waals surface area contributed by atoms with E-state index in [1.807, 2.05) is 13.1 Å². The Hall–Kier alpha value is -1.90. The number of aromatic nitrogens is 2. The molecule has 0 saturated heterocycles. The van der Waals surface area contributed by atoms with Crippen molar-refractivity contribution in [2.75, 3.05) is 0 Å². The third-order valence-electron chi connectivity index (χ3n) is 2.91. The van der Waals surface area contributed by atoms with E-state index in [0.29, 0.717) is 5.69 Å². The summed E-state index contributed by atoms with van der Waals surface area (Å²) < 4.78 is 1.76. The van der Waals surface area contributed by atoms with Gasteiger partial charge in [-0.15, -0.1) is 0 Å². The van der Waals surface area contributed by atoms with Gasteiger partial charge < -0.3 is 0 Å². The van der Waals surface area contributed by atoms with Crippen molar-refractivity contribution in [3.05, 3.63) is 41.1 Å². The molecule has 0 fully saturated rings. The van der Waals surface area contributed by atoms with Crippen molar-refractivity contribution >= 4 is 5.78 Å². The highest BCUT2D eigenvalue weighted by molar-refractivity contribution is 5.93. The standard InChI is InChI=1S/C14H16N2O/c1-9-5-6-10(2)12(7-9)14-8-13(11(3)17)15-16(14)4/h5-8H,1-4H3. The van der Waals surface area contributed by atoms with E-state index in [1.165, 1.54) is 18.1 Å². The number of carbonyl (C=O) groups is 1. The Labute approximate surface area is 101 Å². The summed E-state index contributed by atoms with van der Waals surface area (Å²) in [6.07, 6.45) is 0. The first kappa shape index (κ1) is 11.6. The van der Waals surface area contributed by atoms with Crippen molar-refractivity contribution in [1.29, 1.82) is 0 Å². The van der Waals surface area contributed by atoms with E-state index in [4.69, 9.17) is 0 Å². The molecule has 2 aromatic rings. The number of benzene rings is 1. The van der Waals surface area contributed by atoms with Gasteiger partial charge in [0.25, 0.3) is 0 Å². The van der Waals surface area contributed by atoms with Gasteiger partial charge in [0, 0.05) is 19.5 Å². The quantitative estimate of drug-likeness (QED) is 0.741. The third-order valence-corrected chi connectivity index (χ3v) is 2.91. The van der Waals surface area contributed by atoms with Crippen molar-refractivity contribution in [2.24, 2.45) is 7.05 Å². The number of hydrogen-bond acceptors (Lipinski definition) is 2. The second-order valence-corrected chi connectivity index (χ2v) is 4.41. The highest BCUT2D eigenvalue weighted by Gasteiger charge is 2.12. The molecule has 3 heteroatoms. The lowest BCUT2D eigenvalue weighted by Crippen LogP contribution is -1.97. The van der Waals surface area contributed by atoms with E-state index < -0.39 is 0 Å². The molecule has 0 saturated carbocycles. The number of nitrogens with zero attached hydrogens (tertiary/aromatic N) is 2. The predicted molar refractivity (Wildman–Crippen MR) is 68.1 cm³/mol. The zero-order valence-corrected chi connectivity index (χ0v) is 10.6. The van der Waals surface area contributed by atoms with Gasteiger partial charge in [0.15, 0.2) is 5.78 Å². The number of ketones is 1. The zero-order valence-electron chi connectivity index (χ0n) is 10.6. The first-order chi connectivity index (χ1) is 7.99. The minimum absolute atomic E-state index is 0.00263. The van der Waals surface area contributed by atoms with E-state index in [9.17, 15) is 4.79 Å². The van der Waals surface area contributed by atoms with Crippen LogP contribution < -0.4 is 0 Å². The maximum atomic E-state index is 11.3. The summed E-state index contributed by atoms with van der Waals surface area (Å²) in [5, 5.41) is 4.22. The van der Waals surface area contributed by atoms with Gasteiger partial charge in [-0.3, -0.25) is 9.48 Å². The number of hydrogen-bond donors (Lipinski definition) is 0. The van der Waals surface area contributed by atoms with Gasteiger partial charge in [-0.1, -0.05) is 17.7 Å². The smallest absolute Gasteiger partial charge is 0.180 e. The Kier molecular flexibility index (Phi) is 2.84. The van der Waals surface area contributed by atoms with Crippen LogP contribution in [0.3, 0.4) is 0 Å². The van der Waals surface area contributed by atoms with Gasteiger partial charge in [-0.2, -0.15) is 5.10 Å². The fraction of sp³-hybridized carbons (Fsp3) is 0.286. The van der Waals surface area contributed by atoms with Crippen LogP contribution in [0.1, 0.15) is 28.5 Å². The molecule has 2 rings (SSSR count). The number of carbonyl (C=O) groups excluding carboxylic acids is 1.